The van der Waals surface area contributed by atoms with Gasteiger partial charge in [-0.3, -0.25) is 4.79 Å². The summed E-state index contributed by atoms with van der Waals surface area (Å²) < 4.78 is 46.6. The average molecular weight is 435 g/mol. The molecule has 2 aromatic rings. The van der Waals surface area contributed by atoms with Crippen LogP contribution in [0.4, 0.5) is 4.39 Å². The first kappa shape index (κ1) is 22.2. The van der Waals surface area contributed by atoms with E-state index in [9.17, 15) is 17.6 Å². The molecule has 1 heterocycles. The number of nitrogens with one attached hydrogen (secondary N) is 1. The lowest BCUT2D eigenvalue weighted by atomic mass is 10.1. The van der Waals surface area contributed by atoms with Gasteiger partial charge in [0, 0.05) is 19.6 Å². The number of carbonyl (C=O) groups excluding carboxylic acids is 1. The van der Waals surface area contributed by atoms with Crippen LogP contribution in [0.5, 0.6) is 5.75 Å². The Labute approximate surface area is 177 Å². The van der Waals surface area contributed by atoms with Crippen molar-refractivity contribution in [2.75, 3.05) is 26.7 Å². The lowest BCUT2D eigenvalue weighted by Gasteiger charge is -2.20. The number of sulfonamides is 1. The maximum atomic E-state index is 13.7. The van der Waals surface area contributed by atoms with E-state index in [0.29, 0.717) is 25.1 Å². The molecule has 0 aliphatic carbocycles. The Balaban J connectivity index is 1.76. The minimum Gasteiger partial charge on any atom is -0.496 e. The largest absolute Gasteiger partial charge is 0.496 e. The zero-order valence-corrected chi connectivity index (χ0v) is 17.9. The predicted molar refractivity (Wildman–Crippen MR) is 113 cm³/mol. The summed E-state index contributed by atoms with van der Waals surface area (Å²) in [5, 5.41) is 2.72. The van der Waals surface area contributed by atoms with Gasteiger partial charge in [-0.15, -0.1) is 0 Å². The van der Waals surface area contributed by atoms with Gasteiger partial charge in [-0.1, -0.05) is 31.0 Å². The van der Waals surface area contributed by atoms with Crippen molar-refractivity contribution >= 4 is 15.9 Å². The van der Waals surface area contributed by atoms with Crippen molar-refractivity contribution in [1.29, 1.82) is 0 Å². The van der Waals surface area contributed by atoms with Crippen molar-refractivity contribution in [3.05, 3.63) is 59.4 Å². The number of hydrogen-bond acceptors (Lipinski definition) is 4. The van der Waals surface area contributed by atoms with Crippen LogP contribution in [0.3, 0.4) is 0 Å². The van der Waals surface area contributed by atoms with Gasteiger partial charge in [-0.25, -0.2) is 12.8 Å². The van der Waals surface area contributed by atoms with Gasteiger partial charge in [0.1, 0.15) is 11.6 Å². The summed E-state index contributed by atoms with van der Waals surface area (Å²) in [7, 11) is -2.26. The van der Waals surface area contributed by atoms with Crippen LogP contribution in [0.1, 0.15) is 41.6 Å². The molecule has 1 aliphatic rings. The molecule has 162 valence electrons. The quantitative estimate of drug-likeness (QED) is 0.725. The number of methoxy groups -OCH3 is 1. The highest BCUT2D eigenvalue weighted by Gasteiger charge is 2.27. The maximum absolute atomic E-state index is 13.7. The van der Waals surface area contributed by atoms with Crippen LogP contribution in [0.2, 0.25) is 0 Å². The minimum atomic E-state index is -3.69. The third-order valence-corrected chi connectivity index (χ3v) is 7.15. The predicted octanol–water partition coefficient (Wildman–Crippen LogP) is 3.37. The molecular weight excluding hydrogens is 407 g/mol. The van der Waals surface area contributed by atoms with E-state index < -0.39 is 15.9 Å². The van der Waals surface area contributed by atoms with E-state index in [1.807, 2.05) is 0 Å². The summed E-state index contributed by atoms with van der Waals surface area (Å²) in [6.45, 7) is 1.18. The fourth-order valence-corrected chi connectivity index (χ4v) is 5.11. The standard InChI is InChI=1S/C22H27FN2O4S/c1-29-21-11-10-18(30(27,28)25-14-6-2-3-7-15-25)16-19(21)22(26)24-13-12-17-8-4-5-9-20(17)23/h4-5,8-11,16H,2-3,6-7,12-15H2,1H3,(H,24,26). The first-order valence-corrected chi connectivity index (χ1v) is 11.6. The SMILES string of the molecule is COc1ccc(S(=O)(=O)N2CCCCCC2)cc1C(=O)NCCc1ccccc1F. The molecule has 0 saturated carbocycles. The summed E-state index contributed by atoms with van der Waals surface area (Å²) in [6, 6.07) is 10.7. The summed E-state index contributed by atoms with van der Waals surface area (Å²) in [5.41, 5.74) is 0.643. The van der Waals surface area contributed by atoms with Crippen LogP contribution in [0, 0.1) is 5.82 Å². The molecule has 6 nitrogen and oxygen atoms in total. The number of amides is 1. The molecule has 8 heteroatoms. The molecule has 0 atom stereocenters. The second-order valence-electron chi connectivity index (χ2n) is 7.28. The van der Waals surface area contributed by atoms with Crippen molar-refractivity contribution in [2.45, 2.75) is 37.0 Å². The minimum absolute atomic E-state index is 0.0736. The van der Waals surface area contributed by atoms with Crippen LogP contribution in [-0.2, 0) is 16.4 Å². The molecule has 30 heavy (non-hydrogen) atoms. The van der Waals surface area contributed by atoms with E-state index in [1.165, 1.54) is 35.7 Å². The molecule has 1 fully saturated rings. The maximum Gasteiger partial charge on any atom is 0.255 e. The Morgan fingerprint density at radius 3 is 2.47 bits per heavy atom. The van der Waals surface area contributed by atoms with Gasteiger partial charge in [0.05, 0.1) is 17.6 Å². The molecule has 1 amide bonds. The highest BCUT2D eigenvalue weighted by molar-refractivity contribution is 7.89. The normalized spacial score (nSPS) is 15.4. The molecular formula is C22H27FN2O4S. The number of halogens is 1. The summed E-state index contributed by atoms with van der Waals surface area (Å²) in [6.07, 6.45) is 4.03. The van der Waals surface area contributed by atoms with Gasteiger partial charge in [0.2, 0.25) is 10.0 Å². The van der Waals surface area contributed by atoms with E-state index in [1.54, 1.807) is 18.2 Å². The van der Waals surface area contributed by atoms with Crippen LogP contribution >= 0.6 is 0 Å². The fourth-order valence-electron chi connectivity index (χ4n) is 3.56. The summed E-state index contributed by atoms with van der Waals surface area (Å²) >= 11 is 0. The van der Waals surface area contributed by atoms with E-state index in [-0.39, 0.29) is 28.6 Å². The summed E-state index contributed by atoms with van der Waals surface area (Å²) in [5.74, 6) is -0.501. The zero-order chi connectivity index (χ0) is 21.6. The molecule has 0 aromatic heterocycles. The molecule has 3 rings (SSSR count). The Kier molecular flexibility index (Phi) is 7.44. The molecule has 2 aromatic carbocycles. The van der Waals surface area contributed by atoms with Gasteiger partial charge in [0.25, 0.3) is 5.91 Å². The zero-order valence-electron chi connectivity index (χ0n) is 17.1. The van der Waals surface area contributed by atoms with Gasteiger partial charge < -0.3 is 10.1 Å². The number of nitrogens with zero attached hydrogens (tertiary/aromatic N) is 1. The number of benzene rings is 2. The molecule has 1 N–H and O–H groups in total. The van der Waals surface area contributed by atoms with Crippen LogP contribution in [0.25, 0.3) is 0 Å². The molecule has 0 radical (unpaired) electrons. The van der Waals surface area contributed by atoms with Gasteiger partial charge in [-0.2, -0.15) is 4.31 Å². The lowest BCUT2D eigenvalue weighted by Crippen LogP contribution is -2.32. The monoisotopic (exact) mass is 434 g/mol. The average Bonchev–Trinajstić information content (AvgIpc) is 3.04. The smallest absolute Gasteiger partial charge is 0.255 e. The van der Waals surface area contributed by atoms with Crippen molar-refractivity contribution in [3.8, 4) is 5.75 Å². The number of hydrogen-bond donors (Lipinski definition) is 1. The van der Waals surface area contributed by atoms with Crippen molar-refractivity contribution in [3.63, 3.8) is 0 Å². The number of rotatable bonds is 7. The number of carbonyl (C=O) groups is 1. The van der Waals surface area contributed by atoms with Gasteiger partial charge >= 0.3 is 0 Å². The van der Waals surface area contributed by atoms with E-state index in [2.05, 4.69) is 5.32 Å². The van der Waals surface area contributed by atoms with Crippen LogP contribution in [-0.4, -0.2) is 45.4 Å². The van der Waals surface area contributed by atoms with Crippen LogP contribution in [0.15, 0.2) is 47.4 Å². The third kappa shape index (κ3) is 5.17. The van der Waals surface area contributed by atoms with Crippen molar-refractivity contribution < 1.29 is 22.3 Å². The second-order valence-corrected chi connectivity index (χ2v) is 9.22. The molecule has 1 aliphatic heterocycles. The highest BCUT2D eigenvalue weighted by atomic mass is 32.2. The van der Waals surface area contributed by atoms with Gasteiger partial charge in [0.15, 0.2) is 0 Å². The Morgan fingerprint density at radius 2 is 1.80 bits per heavy atom. The van der Waals surface area contributed by atoms with Crippen molar-refractivity contribution in [1.82, 2.24) is 9.62 Å². The molecule has 0 bridgehead atoms. The van der Waals surface area contributed by atoms with E-state index in [0.717, 1.165) is 25.7 Å². The molecule has 1 saturated heterocycles. The Hall–Kier alpha value is -2.45. The third-order valence-electron chi connectivity index (χ3n) is 5.26. The Morgan fingerprint density at radius 1 is 1.10 bits per heavy atom. The molecule has 0 spiro atoms. The Bertz CT molecular complexity index is 986. The number of ether oxygens (including phenoxy) is 1. The van der Waals surface area contributed by atoms with E-state index in [4.69, 9.17) is 4.74 Å². The van der Waals surface area contributed by atoms with Crippen molar-refractivity contribution in [2.24, 2.45) is 0 Å². The topological polar surface area (TPSA) is 75.7 Å². The highest BCUT2D eigenvalue weighted by Crippen LogP contribution is 2.26. The first-order valence-electron chi connectivity index (χ1n) is 10.1. The lowest BCUT2D eigenvalue weighted by molar-refractivity contribution is 0.0950. The summed E-state index contributed by atoms with van der Waals surface area (Å²) in [4.78, 5) is 12.8. The van der Waals surface area contributed by atoms with Gasteiger partial charge in [-0.05, 0) is 49.1 Å². The fraction of sp³-hybridized carbons (Fsp3) is 0.409. The first-order chi connectivity index (χ1) is 14.4. The second kappa shape index (κ2) is 10.0. The van der Waals surface area contributed by atoms with Crippen LogP contribution < -0.4 is 10.1 Å². The van der Waals surface area contributed by atoms with E-state index >= 15 is 0 Å². The molecule has 0 unspecified atom stereocenters.